The molecule has 0 saturated carbocycles. The number of pyridine rings is 1. The predicted molar refractivity (Wildman–Crippen MR) is 61.3 cm³/mol. The van der Waals surface area contributed by atoms with Gasteiger partial charge in [0.25, 0.3) is 0 Å². The lowest BCUT2D eigenvalue weighted by Gasteiger charge is -2.13. The molecule has 1 aromatic heterocycles. The van der Waals surface area contributed by atoms with E-state index in [9.17, 15) is 18.3 Å². The highest BCUT2D eigenvalue weighted by atomic mass is 35.5. The molecule has 0 spiro atoms. The maximum Gasteiger partial charge on any atom is 0.417 e. The minimum atomic E-state index is -4.49. The molecule has 0 amide bonds. The van der Waals surface area contributed by atoms with Crippen molar-refractivity contribution in [1.82, 2.24) is 4.98 Å². The second-order valence-electron chi connectivity index (χ2n) is 3.58. The molecule has 94 valence electrons. The van der Waals surface area contributed by atoms with Gasteiger partial charge in [-0.15, -0.1) is 0 Å². The number of alkyl halides is 3. The van der Waals surface area contributed by atoms with Crippen LogP contribution in [0.3, 0.4) is 0 Å². The maximum atomic E-state index is 12.8. The highest BCUT2D eigenvalue weighted by Gasteiger charge is 2.33. The normalized spacial score (nSPS) is 11.6. The summed E-state index contributed by atoms with van der Waals surface area (Å²) in [7, 11) is 0. The van der Waals surface area contributed by atoms with Gasteiger partial charge in [-0.05, 0) is 17.7 Å². The maximum absolute atomic E-state index is 12.8. The summed E-state index contributed by atoms with van der Waals surface area (Å²) >= 11 is 5.76. The molecule has 0 unspecified atom stereocenters. The van der Waals surface area contributed by atoms with Crippen LogP contribution in [0, 0.1) is 0 Å². The first kappa shape index (κ1) is 12.7. The van der Waals surface area contributed by atoms with Crippen LogP contribution in [-0.2, 0) is 6.18 Å². The Morgan fingerprint density at radius 2 is 1.78 bits per heavy atom. The summed E-state index contributed by atoms with van der Waals surface area (Å²) < 4.78 is 38.5. The van der Waals surface area contributed by atoms with E-state index < -0.39 is 11.7 Å². The number of hydrogen-bond acceptors (Lipinski definition) is 2. The van der Waals surface area contributed by atoms with E-state index in [0.29, 0.717) is 0 Å². The lowest BCUT2D eigenvalue weighted by Crippen LogP contribution is -2.07. The molecule has 2 aromatic rings. The van der Waals surface area contributed by atoms with Crippen LogP contribution in [0.1, 0.15) is 5.56 Å². The Morgan fingerprint density at radius 3 is 2.44 bits per heavy atom. The smallest absolute Gasteiger partial charge is 0.417 e. The minimum Gasteiger partial charge on any atom is -0.506 e. The number of halogens is 4. The summed E-state index contributed by atoms with van der Waals surface area (Å²) in [5.74, 6) is -0.244. The number of aromatic hydroxyl groups is 1. The zero-order chi connectivity index (χ0) is 13.3. The Kier molecular flexibility index (Phi) is 3.17. The van der Waals surface area contributed by atoms with Crippen LogP contribution in [0.15, 0.2) is 36.5 Å². The molecule has 0 radical (unpaired) electrons. The fourth-order valence-electron chi connectivity index (χ4n) is 1.59. The van der Waals surface area contributed by atoms with Gasteiger partial charge < -0.3 is 5.11 Å². The van der Waals surface area contributed by atoms with Crippen LogP contribution in [-0.4, -0.2) is 10.1 Å². The van der Waals surface area contributed by atoms with E-state index in [0.717, 1.165) is 18.3 Å². The summed E-state index contributed by atoms with van der Waals surface area (Å²) in [6.45, 7) is 0. The van der Waals surface area contributed by atoms with Crippen molar-refractivity contribution in [3.05, 3.63) is 47.2 Å². The second kappa shape index (κ2) is 4.49. The van der Waals surface area contributed by atoms with Gasteiger partial charge in [-0.2, -0.15) is 13.2 Å². The molecule has 0 atom stereocenters. The molecule has 1 heterocycles. The van der Waals surface area contributed by atoms with Crippen molar-refractivity contribution < 1.29 is 18.3 Å². The first-order chi connectivity index (χ1) is 8.39. The lowest BCUT2D eigenvalue weighted by molar-refractivity contribution is -0.137. The Labute approximate surface area is 106 Å². The van der Waals surface area contributed by atoms with Crippen molar-refractivity contribution in [1.29, 1.82) is 0 Å². The van der Waals surface area contributed by atoms with Crippen LogP contribution in [0.25, 0.3) is 11.1 Å². The number of rotatable bonds is 1. The van der Waals surface area contributed by atoms with Gasteiger partial charge in [0.1, 0.15) is 10.9 Å². The highest BCUT2D eigenvalue weighted by Crippen LogP contribution is 2.39. The summed E-state index contributed by atoms with van der Waals surface area (Å²) in [5, 5.41) is 9.20. The molecule has 0 bridgehead atoms. The van der Waals surface area contributed by atoms with E-state index in [1.54, 1.807) is 0 Å². The average molecular weight is 274 g/mol. The van der Waals surface area contributed by atoms with Gasteiger partial charge in [0.05, 0.1) is 11.8 Å². The monoisotopic (exact) mass is 273 g/mol. The highest BCUT2D eigenvalue weighted by molar-refractivity contribution is 6.32. The fourth-order valence-corrected chi connectivity index (χ4v) is 1.80. The largest absolute Gasteiger partial charge is 0.506 e. The summed E-state index contributed by atoms with van der Waals surface area (Å²) in [5.41, 5.74) is -0.887. The number of nitrogens with zero attached hydrogens (tertiary/aromatic N) is 1. The Morgan fingerprint density at radius 1 is 1.11 bits per heavy atom. The van der Waals surface area contributed by atoms with Gasteiger partial charge in [-0.3, -0.25) is 0 Å². The molecule has 0 aliphatic heterocycles. The standard InChI is InChI=1S/C12H7ClF3NO/c13-11-9(5-7(18)6-17-11)8-3-1-2-4-10(8)12(14,15)16/h1-6,18H. The first-order valence-electron chi connectivity index (χ1n) is 4.90. The Bertz CT molecular complexity index is 584. The van der Waals surface area contributed by atoms with Gasteiger partial charge in [0, 0.05) is 5.56 Å². The van der Waals surface area contributed by atoms with Crippen molar-refractivity contribution in [2.45, 2.75) is 6.18 Å². The van der Waals surface area contributed by atoms with E-state index in [1.807, 2.05) is 0 Å². The SMILES string of the molecule is Oc1cnc(Cl)c(-c2ccccc2C(F)(F)F)c1. The van der Waals surface area contributed by atoms with Crippen LogP contribution >= 0.6 is 11.6 Å². The van der Waals surface area contributed by atoms with Gasteiger partial charge in [-0.25, -0.2) is 4.98 Å². The lowest BCUT2D eigenvalue weighted by atomic mass is 10.0. The molecule has 0 aliphatic rings. The molecule has 0 fully saturated rings. The number of benzene rings is 1. The third-order valence-electron chi connectivity index (χ3n) is 2.35. The van der Waals surface area contributed by atoms with Crippen LogP contribution < -0.4 is 0 Å². The Balaban J connectivity index is 2.68. The molecule has 2 rings (SSSR count). The summed E-state index contributed by atoms with van der Waals surface area (Å²) in [6.07, 6.45) is -3.42. The van der Waals surface area contributed by atoms with Crippen molar-refractivity contribution in [3.8, 4) is 16.9 Å². The molecule has 18 heavy (non-hydrogen) atoms. The molecule has 1 N–H and O–H groups in total. The topological polar surface area (TPSA) is 33.1 Å². The predicted octanol–water partition coefficient (Wildman–Crippen LogP) is 4.13. The molecular formula is C12H7ClF3NO. The summed E-state index contributed by atoms with van der Waals surface area (Å²) in [6, 6.07) is 6.14. The molecule has 2 nitrogen and oxygen atoms in total. The van der Waals surface area contributed by atoms with Crippen molar-refractivity contribution in [2.24, 2.45) is 0 Å². The number of aromatic nitrogens is 1. The van der Waals surface area contributed by atoms with Gasteiger partial charge >= 0.3 is 6.18 Å². The van der Waals surface area contributed by atoms with E-state index in [1.165, 1.54) is 18.2 Å². The van der Waals surface area contributed by atoms with Crippen LogP contribution in [0.5, 0.6) is 5.75 Å². The molecule has 0 aliphatic carbocycles. The van der Waals surface area contributed by atoms with Crippen LogP contribution in [0.4, 0.5) is 13.2 Å². The van der Waals surface area contributed by atoms with Crippen LogP contribution in [0.2, 0.25) is 5.15 Å². The summed E-state index contributed by atoms with van der Waals surface area (Å²) in [4.78, 5) is 3.63. The average Bonchev–Trinajstić information content (AvgIpc) is 2.31. The minimum absolute atomic E-state index is 0.0459. The van der Waals surface area contributed by atoms with E-state index in [4.69, 9.17) is 11.6 Å². The third kappa shape index (κ3) is 2.41. The van der Waals surface area contributed by atoms with Crippen molar-refractivity contribution >= 4 is 11.6 Å². The van der Waals surface area contributed by atoms with Gasteiger partial charge in [0.2, 0.25) is 0 Å². The van der Waals surface area contributed by atoms with E-state index in [-0.39, 0.29) is 22.0 Å². The van der Waals surface area contributed by atoms with E-state index in [2.05, 4.69) is 4.98 Å². The molecule has 0 saturated heterocycles. The molecule has 1 aromatic carbocycles. The quantitative estimate of drug-likeness (QED) is 0.793. The van der Waals surface area contributed by atoms with Crippen molar-refractivity contribution in [2.75, 3.05) is 0 Å². The third-order valence-corrected chi connectivity index (χ3v) is 2.65. The van der Waals surface area contributed by atoms with Gasteiger partial charge in [-0.1, -0.05) is 29.8 Å². The van der Waals surface area contributed by atoms with E-state index >= 15 is 0 Å². The zero-order valence-corrected chi connectivity index (χ0v) is 9.63. The molecule has 6 heteroatoms. The number of hydrogen-bond donors (Lipinski definition) is 1. The first-order valence-corrected chi connectivity index (χ1v) is 5.28. The second-order valence-corrected chi connectivity index (χ2v) is 3.93. The zero-order valence-electron chi connectivity index (χ0n) is 8.87. The molecular weight excluding hydrogens is 267 g/mol. The Hall–Kier alpha value is -1.75. The fraction of sp³-hybridized carbons (Fsp3) is 0.0833. The van der Waals surface area contributed by atoms with Gasteiger partial charge in [0.15, 0.2) is 0 Å². The van der Waals surface area contributed by atoms with Crippen molar-refractivity contribution in [3.63, 3.8) is 0 Å².